The van der Waals surface area contributed by atoms with Crippen molar-refractivity contribution in [1.82, 2.24) is 4.90 Å². The first-order chi connectivity index (χ1) is 7.97. The molecule has 17 heavy (non-hydrogen) atoms. The van der Waals surface area contributed by atoms with E-state index in [-0.39, 0.29) is 29.7 Å². The van der Waals surface area contributed by atoms with E-state index in [4.69, 9.17) is 5.11 Å². The van der Waals surface area contributed by atoms with E-state index in [0.29, 0.717) is 5.75 Å². The Balaban J connectivity index is 2.79. The molecule has 1 aliphatic rings. The number of carbonyl (C=O) groups excluding carboxylic acids is 1. The molecule has 3 atom stereocenters. The van der Waals surface area contributed by atoms with Gasteiger partial charge in [-0.15, -0.1) is 0 Å². The molecule has 1 aliphatic carbocycles. The maximum atomic E-state index is 12.1. The van der Waals surface area contributed by atoms with Crippen LogP contribution in [0.1, 0.15) is 26.2 Å². The number of carboxylic acid groups (broad SMARTS) is 1. The summed E-state index contributed by atoms with van der Waals surface area (Å²) in [6.07, 6.45) is 2.77. The number of carboxylic acids is 1. The van der Waals surface area contributed by atoms with Gasteiger partial charge in [0.15, 0.2) is 0 Å². The molecule has 0 bridgehead atoms. The van der Waals surface area contributed by atoms with Gasteiger partial charge >= 0.3 is 5.97 Å². The van der Waals surface area contributed by atoms with Crippen molar-refractivity contribution in [2.24, 2.45) is 5.92 Å². The number of amides is 1. The Kier molecular flexibility index (Phi) is 5.66. The minimum Gasteiger partial charge on any atom is -0.480 e. The number of rotatable bonds is 5. The zero-order valence-corrected chi connectivity index (χ0v) is 11.7. The predicted molar refractivity (Wildman–Crippen MR) is 72.8 cm³/mol. The molecule has 0 heterocycles. The van der Waals surface area contributed by atoms with Gasteiger partial charge in [-0.05, 0) is 12.8 Å². The zero-order chi connectivity index (χ0) is 13.0. The highest BCUT2D eigenvalue weighted by Crippen LogP contribution is 2.29. The number of carbonyl (C=O) groups is 2. The first-order valence-electron chi connectivity index (χ1n) is 5.78. The van der Waals surface area contributed by atoms with E-state index in [1.165, 1.54) is 4.90 Å². The van der Waals surface area contributed by atoms with E-state index in [1.54, 1.807) is 6.92 Å². The third-order valence-corrected chi connectivity index (χ3v) is 4.28. The molecule has 1 fully saturated rings. The molecule has 1 N–H and O–H groups in total. The largest absolute Gasteiger partial charge is 0.480 e. The van der Waals surface area contributed by atoms with Gasteiger partial charge in [0.25, 0.3) is 0 Å². The highest BCUT2D eigenvalue weighted by Gasteiger charge is 2.35. The summed E-state index contributed by atoms with van der Waals surface area (Å²) < 4.78 is 0. The predicted octanol–water partition coefficient (Wildman–Crippen LogP) is 1.32. The summed E-state index contributed by atoms with van der Waals surface area (Å²) in [4.78, 5) is 24.4. The van der Waals surface area contributed by atoms with Crippen LogP contribution >= 0.6 is 25.3 Å². The smallest absolute Gasteiger partial charge is 0.323 e. The summed E-state index contributed by atoms with van der Waals surface area (Å²) >= 11 is 8.53. The van der Waals surface area contributed by atoms with Gasteiger partial charge in [-0.2, -0.15) is 25.3 Å². The van der Waals surface area contributed by atoms with Crippen LogP contribution in [-0.2, 0) is 9.59 Å². The van der Waals surface area contributed by atoms with Crippen LogP contribution < -0.4 is 0 Å². The monoisotopic (exact) mass is 277 g/mol. The molecule has 1 rings (SSSR count). The highest BCUT2D eigenvalue weighted by atomic mass is 32.1. The summed E-state index contributed by atoms with van der Waals surface area (Å²) in [6, 6.07) is -0.0516. The second-order valence-electron chi connectivity index (χ2n) is 4.51. The van der Waals surface area contributed by atoms with Crippen molar-refractivity contribution < 1.29 is 14.7 Å². The lowest BCUT2D eigenvalue weighted by atomic mass is 10.1. The van der Waals surface area contributed by atoms with E-state index in [9.17, 15) is 9.59 Å². The first kappa shape index (κ1) is 14.7. The van der Waals surface area contributed by atoms with Crippen LogP contribution in [-0.4, -0.2) is 45.5 Å². The SMILES string of the molecule is CC(CS)C(=O)N(CC(=O)O)C1CCCC1S. The molecule has 6 heteroatoms. The van der Waals surface area contributed by atoms with Crippen LogP contribution in [0, 0.1) is 5.92 Å². The summed E-state index contributed by atoms with van der Waals surface area (Å²) in [5.74, 6) is -0.928. The summed E-state index contributed by atoms with van der Waals surface area (Å²) in [6.45, 7) is 1.53. The third-order valence-electron chi connectivity index (χ3n) is 3.13. The fraction of sp³-hybridized carbons (Fsp3) is 0.818. The van der Waals surface area contributed by atoms with Gasteiger partial charge in [0.05, 0.1) is 0 Å². The molecule has 4 nitrogen and oxygen atoms in total. The van der Waals surface area contributed by atoms with Crippen LogP contribution in [0.25, 0.3) is 0 Å². The minimum atomic E-state index is -0.975. The fourth-order valence-electron chi connectivity index (χ4n) is 2.15. The van der Waals surface area contributed by atoms with Crippen molar-refractivity contribution in [1.29, 1.82) is 0 Å². The average Bonchev–Trinajstić information content (AvgIpc) is 2.70. The van der Waals surface area contributed by atoms with Crippen LogP contribution in [0.2, 0.25) is 0 Å². The van der Waals surface area contributed by atoms with Gasteiger partial charge in [-0.3, -0.25) is 9.59 Å². The molecule has 0 aromatic carbocycles. The summed E-state index contributed by atoms with van der Waals surface area (Å²) in [5.41, 5.74) is 0. The van der Waals surface area contributed by atoms with E-state index < -0.39 is 5.97 Å². The maximum absolute atomic E-state index is 12.1. The van der Waals surface area contributed by atoms with Gasteiger partial charge in [-0.1, -0.05) is 13.3 Å². The quantitative estimate of drug-likeness (QED) is 0.664. The molecule has 0 aromatic heterocycles. The Morgan fingerprint density at radius 1 is 1.47 bits per heavy atom. The Hall–Kier alpha value is -0.360. The number of nitrogens with zero attached hydrogens (tertiary/aromatic N) is 1. The van der Waals surface area contributed by atoms with E-state index in [1.807, 2.05) is 0 Å². The van der Waals surface area contributed by atoms with E-state index in [2.05, 4.69) is 25.3 Å². The second kappa shape index (κ2) is 6.54. The molecule has 0 aromatic rings. The lowest BCUT2D eigenvalue weighted by Gasteiger charge is -2.32. The van der Waals surface area contributed by atoms with Crippen LogP contribution in [0.15, 0.2) is 0 Å². The molecule has 98 valence electrons. The summed E-state index contributed by atoms with van der Waals surface area (Å²) in [5, 5.41) is 8.98. The van der Waals surface area contributed by atoms with E-state index >= 15 is 0 Å². The topological polar surface area (TPSA) is 57.6 Å². The number of hydrogen-bond acceptors (Lipinski definition) is 4. The molecule has 1 amide bonds. The Morgan fingerprint density at radius 2 is 2.12 bits per heavy atom. The zero-order valence-electron chi connectivity index (χ0n) is 9.87. The number of hydrogen-bond donors (Lipinski definition) is 3. The fourth-order valence-corrected chi connectivity index (χ4v) is 2.80. The molecule has 0 spiro atoms. The number of aliphatic carboxylic acids is 1. The van der Waals surface area contributed by atoms with Crippen molar-refractivity contribution in [2.75, 3.05) is 12.3 Å². The Morgan fingerprint density at radius 3 is 2.53 bits per heavy atom. The van der Waals surface area contributed by atoms with Crippen LogP contribution in [0.3, 0.4) is 0 Å². The van der Waals surface area contributed by atoms with Crippen molar-refractivity contribution in [2.45, 2.75) is 37.5 Å². The van der Waals surface area contributed by atoms with Gasteiger partial charge in [0.1, 0.15) is 6.54 Å². The normalized spacial score (nSPS) is 25.6. The standard InChI is InChI=1S/C11H19NO3S2/c1-7(6-16)11(15)12(5-10(13)14)8-3-2-4-9(8)17/h7-9,16-17H,2-6H2,1H3,(H,13,14). The van der Waals surface area contributed by atoms with Gasteiger partial charge in [0.2, 0.25) is 5.91 Å². The molecular formula is C11H19NO3S2. The van der Waals surface area contributed by atoms with Crippen molar-refractivity contribution in [3.8, 4) is 0 Å². The molecule has 0 aliphatic heterocycles. The van der Waals surface area contributed by atoms with Crippen molar-refractivity contribution >= 4 is 37.1 Å². The maximum Gasteiger partial charge on any atom is 0.323 e. The minimum absolute atomic E-state index is 0.0516. The second-order valence-corrected chi connectivity index (χ2v) is 5.54. The first-order valence-corrected chi connectivity index (χ1v) is 6.93. The number of thiol groups is 2. The highest BCUT2D eigenvalue weighted by molar-refractivity contribution is 7.81. The average molecular weight is 277 g/mol. The summed E-state index contributed by atoms with van der Waals surface area (Å²) in [7, 11) is 0. The molecular weight excluding hydrogens is 258 g/mol. The molecule has 3 unspecified atom stereocenters. The van der Waals surface area contributed by atoms with Crippen molar-refractivity contribution in [3.63, 3.8) is 0 Å². The van der Waals surface area contributed by atoms with Gasteiger partial charge in [0, 0.05) is 23.0 Å². The Labute approximate surface area is 113 Å². The van der Waals surface area contributed by atoms with E-state index in [0.717, 1.165) is 19.3 Å². The van der Waals surface area contributed by atoms with Crippen molar-refractivity contribution in [3.05, 3.63) is 0 Å². The van der Waals surface area contributed by atoms with Gasteiger partial charge in [-0.25, -0.2) is 0 Å². The lowest BCUT2D eigenvalue weighted by molar-refractivity contribution is -0.147. The van der Waals surface area contributed by atoms with Crippen LogP contribution in [0.5, 0.6) is 0 Å². The molecule has 0 radical (unpaired) electrons. The Bertz CT molecular complexity index is 298. The third kappa shape index (κ3) is 3.81. The molecule has 0 saturated heterocycles. The van der Waals surface area contributed by atoms with Crippen LogP contribution in [0.4, 0.5) is 0 Å². The lowest BCUT2D eigenvalue weighted by Crippen LogP contribution is -2.48. The van der Waals surface area contributed by atoms with Gasteiger partial charge < -0.3 is 10.0 Å². The molecule has 1 saturated carbocycles.